The van der Waals surface area contributed by atoms with Gasteiger partial charge in [-0.1, -0.05) is 17.7 Å². The largest absolute Gasteiger partial charge is 0.473 e. The molecule has 1 unspecified atom stereocenters. The monoisotopic (exact) mass is 388 g/mol. The van der Waals surface area contributed by atoms with Gasteiger partial charge in [0.1, 0.15) is 18.2 Å². The number of hydrogen-bond acceptors (Lipinski definition) is 6. The highest BCUT2D eigenvalue weighted by Crippen LogP contribution is 2.25. The number of aromatic nitrogens is 2. The Labute approximate surface area is 160 Å². The maximum absolute atomic E-state index is 12.8. The number of anilines is 1. The van der Waals surface area contributed by atoms with Crippen LogP contribution in [0.4, 0.5) is 5.82 Å². The molecule has 2 saturated heterocycles. The van der Waals surface area contributed by atoms with E-state index in [0.29, 0.717) is 30.3 Å². The van der Waals surface area contributed by atoms with Crippen molar-refractivity contribution >= 4 is 15.8 Å². The normalized spacial score (nSPS) is 20.9. The van der Waals surface area contributed by atoms with E-state index in [1.807, 2.05) is 25.1 Å². The summed E-state index contributed by atoms with van der Waals surface area (Å²) in [5.74, 6) is 1.38. The topological polar surface area (TPSA) is 75.6 Å². The zero-order valence-electron chi connectivity index (χ0n) is 15.4. The van der Waals surface area contributed by atoms with Crippen molar-refractivity contribution < 1.29 is 13.2 Å². The second-order valence-electron chi connectivity index (χ2n) is 7.11. The van der Waals surface area contributed by atoms with E-state index < -0.39 is 10.0 Å². The Balaban J connectivity index is 1.42. The quantitative estimate of drug-likeness (QED) is 0.782. The van der Waals surface area contributed by atoms with Crippen molar-refractivity contribution in [3.63, 3.8) is 0 Å². The van der Waals surface area contributed by atoms with E-state index >= 15 is 0 Å². The van der Waals surface area contributed by atoms with E-state index in [4.69, 9.17) is 4.74 Å². The second kappa shape index (κ2) is 7.44. The Hall–Kier alpha value is -2.19. The van der Waals surface area contributed by atoms with E-state index in [2.05, 4.69) is 14.9 Å². The van der Waals surface area contributed by atoms with Crippen LogP contribution in [0.1, 0.15) is 24.8 Å². The summed E-state index contributed by atoms with van der Waals surface area (Å²) >= 11 is 0. The number of rotatable bonds is 5. The van der Waals surface area contributed by atoms with Crippen molar-refractivity contribution in [2.24, 2.45) is 0 Å². The summed E-state index contributed by atoms with van der Waals surface area (Å²) in [6.45, 7) is 4.73. The molecule has 1 aromatic heterocycles. The Kier molecular flexibility index (Phi) is 5.01. The van der Waals surface area contributed by atoms with Gasteiger partial charge in [0.25, 0.3) is 0 Å². The summed E-state index contributed by atoms with van der Waals surface area (Å²) in [4.78, 5) is 11.1. The van der Waals surface area contributed by atoms with Gasteiger partial charge in [0.05, 0.1) is 11.4 Å². The minimum atomic E-state index is -3.49. The number of benzene rings is 1. The second-order valence-corrected chi connectivity index (χ2v) is 9.05. The van der Waals surface area contributed by atoms with E-state index in [9.17, 15) is 8.42 Å². The molecule has 7 nitrogen and oxygen atoms in total. The molecule has 0 bridgehead atoms. The van der Waals surface area contributed by atoms with Gasteiger partial charge in [-0.2, -0.15) is 4.31 Å². The molecule has 1 atom stereocenters. The molecule has 3 heterocycles. The van der Waals surface area contributed by atoms with Crippen molar-refractivity contribution in [2.45, 2.75) is 37.2 Å². The average Bonchev–Trinajstić information content (AvgIpc) is 3.35. The van der Waals surface area contributed by atoms with Gasteiger partial charge in [-0.25, -0.2) is 18.4 Å². The van der Waals surface area contributed by atoms with Gasteiger partial charge in [0.2, 0.25) is 15.9 Å². The molecular formula is C19H24N4O3S. The summed E-state index contributed by atoms with van der Waals surface area (Å²) in [6, 6.07) is 8.80. The Morgan fingerprint density at radius 3 is 2.56 bits per heavy atom. The van der Waals surface area contributed by atoms with Crippen molar-refractivity contribution in [3.8, 4) is 5.88 Å². The lowest BCUT2D eigenvalue weighted by molar-refractivity contribution is 0.206. The summed E-state index contributed by atoms with van der Waals surface area (Å²) in [5.41, 5.74) is 1.04. The molecule has 0 radical (unpaired) electrons. The standard InChI is InChI=1S/C19H24N4O3S/c1-15-4-6-17(7-5-15)27(24,25)23-11-8-16(13-23)26-19-12-18(20-14-21-19)22-9-2-3-10-22/h4-7,12,14,16H,2-3,8-11,13H2,1H3. The van der Waals surface area contributed by atoms with Gasteiger partial charge < -0.3 is 9.64 Å². The molecule has 0 aliphatic carbocycles. The van der Waals surface area contributed by atoms with Crippen LogP contribution in [-0.2, 0) is 10.0 Å². The predicted octanol–water partition coefficient (Wildman–Crippen LogP) is 2.23. The van der Waals surface area contributed by atoms with Crippen molar-refractivity contribution in [1.82, 2.24) is 14.3 Å². The summed E-state index contributed by atoms with van der Waals surface area (Å²) in [6.07, 6.45) is 4.31. The first-order valence-corrected chi connectivity index (χ1v) is 10.8. The van der Waals surface area contributed by atoms with E-state index in [1.165, 1.54) is 23.5 Å². The molecule has 0 N–H and O–H groups in total. The Morgan fingerprint density at radius 2 is 1.81 bits per heavy atom. The molecule has 2 aliphatic heterocycles. The van der Waals surface area contributed by atoms with Gasteiger partial charge in [0.15, 0.2) is 0 Å². The minimum Gasteiger partial charge on any atom is -0.473 e. The fourth-order valence-corrected chi connectivity index (χ4v) is 5.04. The van der Waals surface area contributed by atoms with Crippen molar-refractivity contribution in [1.29, 1.82) is 0 Å². The zero-order chi connectivity index (χ0) is 18.9. The van der Waals surface area contributed by atoms with Crippen molar-refractivity contribution in [2.75, 3.05) is 31.1 Å². The van der Waals surface area contributed by atoms with Crippen LogP contribution in [0.3, 0.4) is 0 Å². The molecule has 0 spiro atoms. The van der Waals surface area contributed by atoms with Gasteiger partial charge >= 0.3 is 0 Å². The van der Waals surface area contributed by atoms with Crippen LogP contribution in [0.2, 0.25) is 0 Å². The summed E-state index contributed by atoms with van der Waals surface area (Å²) in [5, 5.41) is 0. The highest BCUT2D eigenvalue weighted by atomic mass is 32.2. The smallest absolute Gasteiger partial charge is 0.243 e. The number of sulfonamides is 1. The first-order valence-electron chi connectivity index (χ1n) is 9.33. The van der Waals surface area contributed by atoms with Gasteiger partial charge in [0, 0.05) is 25.7 Å². The molecule has 2 aromatic rings. The molecule has 2 aliphatic rings. The molecule has 27 heavy (non-hydrogen) atoms. The van der Waals surface area contributed by atoms with Crippen LogP contribution < -0.4 is 9.64 Å². The van der Waals surface area contributed by atoms with Crippen LogP contribution in [0.25, 0.3) is 0 Å². The first kappa shape index (κ1) is 18.2. The lowest BCUT2D eigenvalue weighted by Crippen LogP contribution is -2.31. The van der Waals surface area contributed by atoms with Gasteiger partial charge in [-0.3, -0.25) is 0 Å². The zero-order valence-corrected chi connectivity index (χ0v) is 16.2. The third-order valence-corrected chi connectivity index (χ3v) is 6.99. The Bertz CT molecular complexity index is 895. The molecule has 144 valence electrons. The fourth-order valence-electron chi connectivity index (χ4n) is 3.56. The molecular weight excluding hydrogens is 364 g/mol. The van der Waals surface area contributed by atoms with E-state index in [-0.39, 0.29) is 6.10 Å². The van der Waals surface area contributed by atoms with Crippen LogP contribution in [0.5, 0.6) is 5.88 Å². The average molecular weight is 388 g/mol. The Morgan fingerprint density at radius 1 is 1.07 bits per heavy atom. The van der Waals surface area contributed by atoms with Crippen LogP contribution in [0.15, 0.2) is 41.6 Å². The lowest BCUT2D eigenvalue weighted by Gasteiger charge is -2.19. The van der Waals surface area contributed by atoms with E-state index in [0.717, 1.165) is 24.5 Å². The maximum atomic E-state index is 12.8. The van der Waals surface area contributed by atoms with Crippen molar-refractivity contribution in [3.05, 3.63) is 42.2 Å². The predicted molar refractivity (Wildman–Crippen MR) is 102 cm³/mol. The third-order valence-electron chi connectivity index (χ3n) is 5.11. The SMILES string of the molecule is Cc1ccc(S(=O)(=O)N2CCC(Oc3cc(N4CCCC4)ncn3)C2)cc1. The highest BCUT2D eigenvalue weighted by Gasteiger charge is 2.34. The van der Waals surface area contributed by atoms with Crippen LogP contribution in [-0.4, -0.2) is 55.0 Å². The maximum Gasteiger partial charge on any atom is 0.243 e. The first-order chi connectivity index (χ1) is 13.0. The molecule has 4 rings (SSSR count). The molecule has 0 saturated carbocycles. The number of hydrogen-bond donors (Lipinski definition) is 0. The fraction of sp³-hybridized carbons (Fsp3) is 0.474. The van der Waals surface area contributed by atoms with E-state index in [1.54, 1.807) is 12.1 Å². The molecule has 8 heteroatoms. The van der Waals surface area contributed by atoms with Crippen LogP contribution >= 0.6 is 0 Å². The lowest BCUT2D eigenvalue weighted by atomic mass is 10.2. The molecule has 2 fully saturated rings. The number of nitrogens with zero attached hydrogens (tertiary/aromatic N) is 4. The number of ether oxygens (including phenoxy) is 1. The minimum absolute atomic E-state index is 0.202. The summed E-state index contributed by atoms with van der Waals surface area (Å²) < 4.78 is 33.1. The highest BCUT2D eigenvalue weighted by molar-refractivity contribution is 7.89. The third kappa shape index (κ3) is 3.91. The molecule has 0 amide bonds. The van der Waals surface area contributed by atoms with Crippen LogP contribution in [0, 0.1) is 6.92 Å². The summed E-state index contributed by atoms with van der Waals surface area (Å²) in [7, 11) is -3.49. The van der Waals surface area contributed by atoms with Gasteiger partial charge in [-0.05, 0) is 38.3 Å². The number of aryl methyl sites for hydroxylation is 1. The van der Waals surface area contributed by atoms with Gasteiger partial charge in [-0.15, -0.1) is 0 Å². The molecule has 1 aromatic carbocycles.